The Morgan fingerprint density at radius 1 is 0.969 bits per heavy atom. The first-order valence-corrected chi connectivity index (χ1v) is 10.6. The zero-order valence-electron chi connectivity index (χ0n) is 16.4. The van der Waals surface area contributed by atoms with Crippen LogP contribution in [0.4, 0.5) is 13.2 Å². The standard InChI is InChI=1S/C22H17F3N2O4S/c23-22(24,25)18-10-6-11-19(14-18)32(29,30)31-20-12-5-4-9-17(20)15-26-27-21(28)13-16-7-2-1-3-8-16/h1-12,14-15H,13H2,(H,27,28). The SMILES string of the molecule is O=C(Cc1ccccc1)NN=Cc1ccccc1OS(=O)(=O)c1cccc(C(F)(F)F)c1. The summed E-state index contributed by atoms with van der Waals surface area (Å²) in [5.41, 5.74) is 2.20. The maximum absolute atomic E-state index is 12.9. The summed E-state index contributed by atoms with van der Waals surface area (Å²) in [4.78, 5) is 11.3. The van der Waals surface area contributed by atoms with Gasteiger partial charge in [-0.05, 0) is 35.9 Å². The van der Waals surface area contributed by atoms with E-state index in [2.05, 4.69) is 10.5 Å². The van der Waals surface area contributed by atoms with E-state index in [9.17, 15) is 26.4 Å². The minimum Gasteiger partial charge on any atom is -0.378 e. The molecule has 32 heavy (non-hydrogen) atoms. The molecule has 0 aliphatic carbocycles. The maximum atomic E-state index is 12.9. The largest absolute Gasteiger partial charge is 0.416 e. The normalized spacial score (nSPS) is 12.0. The fourth-order valence-electron chi connectivity index (χ4n) is 2.65. The first-order chi connectivity index (χ1) is 15.1. The van der Waals surface area contributed by atoms with E-state index in [1.807, 2.05) is 6.07 Å². The van der Waals surface area contributed by atoms with E-state index in [0.29, 0.717) is 6.07 Å². The fourth-order valence-corrected chi connectivity index (χ4v) is 3.65. The summed E-state index contributed by atoms with van der Waals surface area (Å²) in [6.45, 7) is 0. The van der Waals surface area contributed by atoms with Crippen LogP contribution in [-0.2, 0) is 27.5 Å². The van der Waals surface area contributed by atoms with Crippen molar-refractivity contribution >= 4 is 22.2 Å². The Morgan fingerprint density at radius 2 is 1.66 bits per heavy atom. The molecule has 1 N–H and O–H groups in total. The molecular formula is C22H17F3N2O4S. The molecule has 3 aromatic carbocycles. The van der Waals surface area contributed by atoms with Crippen LogP contribution < -0.4 is 9.61 Å². The van der Waals surface area contributed by atoms with Gasteiger partial charge < -0.3 is 4.18 Å². The third-order valence-corrected chi connectivity index (χ3v) is 5.40. The second kappa shape index (κ2) is 9.65. The number of halogens is 3. The van der Waals surface area contributed by atoms with Gasteiger partial charge in [0.25, 0.3) is 0 Å². The van der Waals surface area contributed by atoms with Crippen molar-refractivity contribution in [2.75, 3.05) is 0 Å². The van der Waals surface area contributed by atoms with Crippen molar-refractivity contribution in [1.82, 2.24) is 5.43 Å². The number of para-hydroxylation sites is 1. The Balaban J connectivity index is 1.74. The molecule has 0 saturated heterocycles. The summed E-state index contributed by atoms with van der Waals surface area (Å²) in [6, 6.07) is 18.1. The Morgan fingerprint density at radius 3 is 2.38 bits per heavy atom. The number of alkyl halides is 3. The maximum Gasteiger partial charge on any atom is 0.416 e. The van der Waals surface area contributed by atoms with E-state index < -0.39 is 26.8 Å². The summed E-state index contributed by atoms with van der Waals surface area (Å²) in [7, 11) is -4.55. The Hall–Kier alpha value is -3.66. The zero-order chi connectivity index (χ0) is 23.2. The number of nitrogens with zero attached hydrogens (tertiary/aromatic N) is 1. The van der Waals surface area contributed by atoms with Crippen LogP contribution in [0.25, 0.3) is 0 Å². The number of hydrogen-bond acceptors (Lipinski definition) is 5. The van der Waals surface area contributed by atoms with Crippen LogP contribution in [0.3, 0.4) is 0 Å². The van der Waals surface area contributed by atoms with Crippen molar-refractivity contribution in [1.29, 1.82) is 0 Å². The lowest BCUT2D eigenvalue weighted by Crippen LogP contribution is -2.19. The molecule has 0 aliphatic rings. The monoisotopic (exact) mass is 462 g/mol. The molecule has 0 aromatic heterocycles. The van der Waals surface area contributed by atoms with Crippen LogP contribution in [0.15, 0.2) is 88.9 Å². The van der Waals surface area contributed by atoms with Gasteiger partial charge in [0.1, 0.15) is 4.90 Å². The van der Waals surface area contributed by atoms with Crippen LogP contribution in [-0.4, -0.2) is 20.5 Å². The van der Waals surface area contributed by atoms with Crippen molar-refractivity contribution in [2.45, 2.75) is 17.5 Å². The topological polar surface area (TPSA) is 84.8 Å². The van der Waals surface area contributed by atoms with Gasteiger partial charge in [-0.25, -0.2) is 5.43 Å². The highest BCUT2D eigenvalue weighted by molar-refractivity contribution is 7.87. The van der Waals surface area contributed by atoms with Crippen molar-refractivity contribution in [3.8, 4) is 5.75 Å². The molecule has 6 nitrogen and oxygen atoms in total. The van der Waals surface area contributed by atoms with E-state index in [4.69, 9.17) is 4.18 Å². The first kappa shape index (κ1) is 23.0. The first-order valence-electron chi connectivity index (χ1n) is 9.22. The molecular weight excluding hydrogens is 445 g/mol. The lowest BCUT2D eigenvalue weighted by Gasteiger charge is -2.11. The predicted octanol–water partition coefficient (Wildman–Crippen LogP) is 4.17. The van der Waals surface area contributed by atoms with Crippen LogP contribution >= 0.6 is 0 Å². The number of amides is 1. The molecule has 3 rings (SSSR count). The molecule has 0 fully saturated rings. The van der Waals surface area contributed by atoms with Crippen LogP contribution in [0, 0.1) is 0 Å². The molecule has 0 spiro atoms. The minimum absolute atomic E-state index is 0.0975. The number of hydrazone groups is 1. The summed E-state index contributed by atoms with van der Waals surface area (Å²) >= 11 is 0. The van der Waals surface area contributed by atoms with E-state index in [-0.39, 0.29) is 23.6 Å². The molecule has 166 valence electrons. The third kappa shape index (κ3) is 6.17. The minimum atomic E-state index is -4.70. The highest BCUT2D eigenvalue weighted by Gasteiger charge is 2.32. The smallest absolute Gasteiger partial charge is 0.378 e. The molecule has 0 bridgehead atoms. The van der Waals surface area contributed by atoms with Gasteiger partial charge in [0.2, 0.25) is 5.91 Å². The quantitative estimate of drug-likeness (QED) is 0.325. The number of rotatable bonds is 7. The van der Waals surface area contributed by atoms with Gasteiger partial charge >= 0.3 is 16.3 Å². The van der Waals surface area contributed by atoms with Gasteiger partial charge in [0, 0.05) is 5.56 Å². The van der Waals surface area contributed by atoms with Crippen molar-refractivity contribution in [2.24, 2.45) is 5.10 Å². The summed E-state index contributed by atoms with van der Waals surface area (Å²) in [5.74, 6) is -0.548. The molecule has 10 heteroatoms. The molecule has 3 aromatic rings. The lowest BCUT2D eigenvalue weighted by molar-refractivity contribution is -0.137. The molecule has 1 amide bonds. The fraction of sp³-hybridized carbons (Fsp3) is 0.0909. The summed E-state index contributed by atoms with van der Waals surface area (Å²) in [6.07, 6.45) is -3.42. The van der Waals surface area contributed by atoms with Gasteiger partial charge in [-0.1, -0.05) is 48.5 Å². The summed E-state index contributed by atoms with van der Waals surface area (Å²) in [5, 5.41) is 3.80. The van der Waals surface area contributed by atoms with Crippen molar-refractivity contribution < 1.29 is 30.6 Å². The number of carbonyl (C=O) groups excluding carboxylic acids is 1. The Kier molecular flexibility index (Phi) is 6.94. The Labute approximate surface area is 182 Å². The van der Waals surface area contributed by atoms with Crippen molar-refractivity contribution in [3.05, 3.63) is 95.6 Å². The average molecular weight is 462 g/mol. The van der Waals surface area contributed by atoms with Crippen LogP contribution in [0.5, 0.6) is 5.75 Å². The van der Waals surface area contributed by atoms with E-state index >= 15 is 0 Å². The Bertz CT molecular complexity index is 1230. The third-order valence-electron chi connectivity index (χ3n) is 4.17. The molecule has 0 aliphatic heterocycles. The molecule has 0 unspecified atom stereocenters. The second-order valence-corrected chi connectivity index (χ2v) is 8.10. The summed E-state index contributed by atoms with van der Waals surface area (Å²) < 4.78 is 68.8. The molecule has 0 radical (unpaired) electrons. The molecule has 0 saturated carbocycles. The predicted molar refractivity (Wildman–Crippen MR) is 112 cm³/mol. The van der Waals surface area contributed by atoms with Gasteiger partial charge in [0.05, 0.1) is 18.2 Å². The van der Waals surface area contributed by atoms with E-state index in [0.717, 1.165) is 23.8 Å². The van der Waals surface area contributed by atoms with Gasteiger partial charge in [-0.3, -0.25) is 4.79 Å². The lowest BCUT2D eigenvalue weighted by atomic mass is 10.1. The molecule has 0 heterocycles. The number of carbonyl (C=O) groups is 1. The highest BCUT2D eigenvalue weighted by Crippen LogP contribution is 2.31. The van der Waals surface area contributed by atoms with Crippen LogP contribution in [0.2, 0.25) is 0 Å². The van der Waals surface area contributed by atoms with E-state index in [1.165, 1.54) is 24.4 Å². The van der Waals surface area contributed by atoms with Crippen molar-refractivity contribution in [3.63, 3.8) is 0 Å². The zero-order valence-corrected chi connectivity index (χ0v) is 17.2. The number of hydrogen-bond donors (Lipinski definition) is 1. The van der Waals surface area contributed by atoms with Gasteiger partial charge in [0.15, 0.2) is 5.75 Å². The second-order valence-electron chi connectivity index (χ2n) is 6.56. The van der Waals surface area contributed by atoms with E-state index in [1.54, 1.807) is 30.3 Å². The highest BCUT2D eigenvalue weighted by atomic mass is 32.2. The van der Waals surface area contributed by atoms with Gasteiger partial charge in [-0.15, -0.1) is 0 Å². The van der Waals surface area contributed by atoms with Gasteiger partial charge in [-0.2, -0.15) is 26.7 Å². The number of benzene rings is 3. The number of nitrogens with one attached hydrogen (secondary N) is 1. The average Bonchev–Trinajstić information content (AvgIpc) is 2.75. The van der Waals surface area contributed by atoms with Crippen LogP contribution in [0.1, 0.15) is 16.7 Å². The molecule has 0 atom stereocenters.